The molecule has 4 nitrogen and oxygen atoms in total. The van der Waals surface area contributed by atoms with Crippen LogP contribution in [0.2, 0.25) is 5.02 Å². The molecular formula is C14H14ClFN2O2. The number of halogens is 2. The van der Waals surface area contributed by atoms with E-state index in [1.165, 1.54) is 6.07 Å². The molecule has 2 rings (SSSR count). The summed E-state index contributed by atoms with van der Waals surface area (Å²) in [6.45, 7) is 1.93. The van der Waals surface area contributed by atoms with Crippen molar-refractivity contribution >= 4 is 17.4 Å². The van der Waals surface area contributed by atoms with Crippen molar-refractivity contribution in [2.75, 3.05) is 0 Å². The second-order valence-corrected chi connectivity index (χ2v) is 4.87. The average molecular weight is 297 g/mol. The molecule has 20 heavy (non-hydrogen) atoms. The van der Waals surface area contributed by atoms with E-state index in [4.69, 9.17) is 16.1 Å². The van der Waals surface area contributed by atoms with Crippen molar-refractivity contribution < 1.29 is 13.7 Å². The quantitative estimate of drug-likeness (QED) is 0.820. The number of aromatic nitrogens is 2. The summed E-state index contributed by atoms with van der Waals surface area (Å²) in [7, 11) is 0. The van der Waals surface area contributed by atoms with Gasteiger partial charge in [0.1, 0.15) is 11.6 Å². The number of Topliss-reactive ketones (excluding diaryl/α,β-unsaturated/α-hetero) is 1. The van der Waals surface area contributed by atoms with Gasteiger partial charge in [0, 0.05) is 12.8 Å². The first-order valence-corrected chi connectivity index (χ1v) is 6.74. The van der Waals surface area contributed by atoms with Gasteiger partial charge in [-0.2, -0.15) is 4.98 Å². The maximum atomic E-state index is 13.7. The fourth-order valence-electron chi connectivity index (χ4n) is 1.82. The summed E-state index contributed by atoms with van der Waals surface area (Å²) in [4.78, 5) is 15.6. The molecule has 106 valence electrons. The lowest BCUT2D eigenvalue weighted by Gasteiger charge is -2.00. The number of carbonyl (C=O) groups is 1. The Bertz CT molecular complexity index is 613. The van der Waals surface area contributed by atoms with Crippen LogP contribution in [-0.2, 0) is 17.6 Å². The third kappa shape index (κ3) is 3.63. The fraction of sp³-hybridized carbons (Fsp3) is 0.357. The highest BCUT2D eigenvalue weighted by Crippen LogP contribution is 2.19. The summed E-state index contributed by atoms with van der Waals surface area (Å²) in [6, 6.07) is 4.75. The maximum absolute atomic E-state index is 13.7. The number of hydrogen-bond donors (Lipinski definition) is 0. The molecule has 0 bridgehead atoms. The van der Waals surface area contributed by atoms with Gasteiger partial charge in [-0.15, -0.1) is 0 Å². The smallest absolute Gasteiger partial charge is 0.234 e. The average Bonchev–Trinajstić information content (AvgIpc) is 2.82. The van der Waals surface area contributed by atoms with E-state index < -0.39 is 5.82 Å². The van der Waals surface area contributed by atoms with Crippen LogP contribution < -0.4 is 0 Å². The fourth-order valence-corrected chi connectivity index (χ4v) is 2.02. The first-order chi connectivity index (χ1) is 9.60. The van der Waals surface area contributed by atoms with Crippen LogP contribution >= 0.6 is 11.6 Å². The molecule has 0 saturated heterocycles. The summed E-state index contributed by atoms with van der Waals surface area (Å²) in [6.07, 6.45) is 1.57. The van der Waals surface area contributed by atoms with Crippen molar-refractivity contribution in [1.82, 2.24) is 10.1 Å². The van der Waals surface area contributed by atoms with Gasteiger partial charge < -0.3 is 4.52 Å². The first kappa shape index (κ1) is 14.7. The molecule has 1 aromatic heterocycles. The SMILES string of the molecule is CCCC(=O)Cc1nc(Cc2cccc(Cl)c2F)no1. The van der Waals surface area contributed by atoms with Gasteiger partial charge in [0.05, 0.1) is 11.4 Å². The van der Waals surface area contributed by atoms with Gasteiger partial charge in [0.25, 0.3) is 0 Å². The van der Waals surface area contributed by atoms with E-state index in [2.05, 4.69) is 10.1 Å². The zero-order valence-electron chi connectivity index (χ0n) is 11.0. The third-order valence-electron chi connectivity index (χ3n) is 2.77. The second-order valence-electron chi connectivity index (χ2n) is 4.46. The van der Waals surface area contributed by atoms with Gasteiger partial charge in [0.15, 0.2) is 5.82 Å². The topological polar surface area (TPSA) is 56.0 Å². The largest absolute Gasteiger partial charge is 0.339 e. The lowest BCUT2D eigenvalue weighted by molar-refractivity contribution is -0.118. The minimum Gasteiger partial charge on any atom is -0.339 e. The van der Waals surface area contributed by atoms with Gasteiger partial charge >= 0.3 is 0 Å². The standard InChI is InChI=1S/C14H14ClFN2O2/c1-2-4-10(19)8-13-17-12(18-20-13)7-9-5-3-6-11(15)14(9)16/h3,5-6H,2,4,7-8H2,1H3. The Morgan fingerprint density at radius 1 is 1.45 bits per heavy atom. The van der Waals surface area contributed by atoms with E-state index in [1.807, 2.05) is 6.92 Å². The predicted molar refractivity (Wildman–Crippen MR) is 72.1 cm³/mol. The van der Waals surface area contributed by atoms with E-state index in [1.54, 1.807) is 12.1 Å². The molecule has 0 spiro atoms. The maximum Gasteiger partial charge on any atom is 0.234 e. The molecule has 0 atom stereocenters. The summed E-state index contributed by atoms with van der Waals surface area (Å²) >= 11 is 5.70. The summed E-state index contributed by atoms with van der Waals surface area (Å²) in [5.41, 5.74) is 0.393. The van der Waals surface area contributed by atoms with Crippen molar-refractivity contribution in [3.63, 3.8) is 0 Å². The molecule has 0 amide bonds. The highest BCUT2D eigenvalue weighted by Gasteiger charge is 2.13. The normalized spacial score (nSPS) is 10.8. The second kappa shape index (κ2) is 6.61. The molecule has 1 aromatic carbocycles. The first-order valence-electron chi connectivity index (χ1n) is 6.36. The Kier molecular flexibility index (Phi) is 4.84. The molecule has 0 aliphatic rings. The number of nitrogens with zero attached hydrogens (tertiary/aromatic N) is 2. The van der Waals surface area contributed by atoms with E-state index in [9.17, 15) is 9.18 Å². The zero-order valence-corrected chi connectivity index (χ0v) is 11.8. The molecule has 2 aromatic rings. The zero-order chi connectivity index (χ0) is 14.5. The van der Waals surface area contributed by atoms with Crippen LogP contribution in [0.1, 0.15) is 37.0 Å². The molecule has 0 fully saturated rings. The Balaban J connectivity index is 2.06. The van der Waals surface area contributed by atoms with E-state index in [0.717, 1.165) is 6.42 Å². The van der Waals surface area contributed by atoms with Gasteiger partial charge in [-0.3, -0.25) is 4.79 Å². The van der Waals surface area contributed by atoms with Crippen molar-refractivity contribution in [3.05, 3.63) is 46.3 Å². The van der Waals surface area contributed by atoms with Gasteiger partial charge in [-0.25, -0.2) is 4.39 Å². The van der Waals surface area contributed by atoms with Crippen LogP contribution in [0.3, 0.4) is 0 Å². The molecule has 0 saturated carbocycles. The Morgan fingerprint density at radius 3 is 3.00 bits per heavy atom. The van der Waals surface area contributed by atoms with Crippen LogP contribution in [0.15, 0.2) is 22.7 Å². The lowest BCUT2D eigenvalue weighted by atomic mass is 10.1. The van der Waals surface area contributed by atoms with Crippen molar-refractivity contribution in [1.29, 1.82) is 0 Å². The number of rotatable bonds is 6. The molecule has 0 N–H and O–H groups in total. The van der Waals surface area contributed by atoms with Crippen LogP contribution in [0.4, 0.5) is 4.39 Å². The molecule has 0 radical (unpaired) electrons. The van der Waals surface area contributed by atoms with Gasteiger partial charge in [-0.05, 0) is 18.1 Å². The Labute approximate surface area is 120 Å². The molecule has 0 aliphatic heterocycles. The van der Waals surface area contributed by atoms with E-state index in [-0.39, 0.29) is 29.5 Å². The molecule has 0 aliphatic carbocycles. The minimum atomic E-state index is -0.484. The van der Waals surface area contributed by atoms with Crippen molar-refractivity contribution in [2.45, 2.75) is 32.6 Å². The molecule has 0 unspecified atom stereocenters. The van der Waals surface area contributed by atoms with Crippen molar-refractivity contribution in [3.8, 4) is 0 Å². The van der Waals surface area contributed by atoms with Crippen molar-refractivity contribution in [2.24, 2.45) is 0 Å². The monoisotopic (exact) mass is 296 g/mol. The summed E-state index contributed by atoms with van der Waals surface area (Å²) < 4.78 is 18.7. The van der Waals surface area contributed by atoms with Crippen LogP contribution in [-0.4, -0.2) is 15.9 Å². The highest BCUT2D eigenvalue weighted by atomic mass is 35.5. The Morgan fingerprint density at radius 2 is 2.25 bits per heavy atom. The number of carbonyl (C=O) groups excluding carboxylic acids is 1. The molecule has 6 heteroatoms. The van der Waals surface area contributed by atoms with Gasteiger partial charge in [0.2, 0.25) is 5.89 Å². The van der Waals surface area contributed by atoms with Crippen LogP contribution in [0.5, 0.6) is 0 Å². The van der Waals surface area contributed by atoms with Crippen LogP contribution in [0, 0.1) is 5.82 Å². The Hall–Kier alpha value is -1.75. The summed E-state index contributed by atoms with van der Waals surface area (Å²) in [5.74, 6) is 0.172. The lowest BCUT2D eigenvalue weighted by Crippen LogP contribution is -2.02. The molecule has 1 heterocycles. The molecular weight excluding hydrogens is 283 g/mol. The summed E-state index contributed by atoms with van der Waals surface area (Å²) in [5, 5.41) is 3.81. The highest BCUT2D eigenvalue weighted by molar-refractivity contribution is 6.30. The van der Waals surface area contributed by atoms with Gasteiger partial charge in [-0.1, -0.05) is 35.8 Å². The number of benzene rings is 1. The predicted octanol–water partition coefficient (Wildman–Crippen LogP) is 3.36. The number of ketones is 1. The van der Waals surface area contributed by atoms with E-state index in [0.29, 0.717) is 17.8 Å². The van der Waals surface area contributed by atoms with Crippen LogP contribution in [0.25, 0.3) is 0 Å². The number of hydrogen-bond acceptors (Lipinski definition) is 4. The van der Waals surface area contributed by atoms with E-state index >= 15 is 0 Å². The third-order valence-corrected chi connectivity index (χ3v) is 3.06. The minimum absolute atomic E-state index is 0.0524.